The van der Waals surface area contributed by atoms with Crippen molar-refractivity contribution in [2.75, 3.05) is 18.5 Å². The molecule has 0 saturated carbocycles. The molecule has 0 fully saturated rings. The summed E-state index contributed by atoms with van der Waals surface area (Å²) in [5, 5.41) is 0. The molecule has 0 radical (unpaired) electrons. The molecule has 1 heterocycles. The minimum Gasteiger partial charge on any atom is -0.374 e. The maximum atomic E-state index is 2.42. The van der Waals surface area contributed by atoms with E-state index in [1.807, 2.05) is 0 Å². The minimum atomic E-state index is 0.832. The minimum absolute atomic E-state index is 0.832. The molecule has 0 amide bonds. The van der Waals surface area contributed by atoms with Crippen LogP contribution >= 0.6 is 0 Å². The summed E-state index contributed by atoms with van der Waals surface area (Å²) in [5.41, 5.74) is 6.33. The lowest BCUT2D eigenvalue weighted by Crippen LogP contribution is -2.16. The van der Waals surface area contributed by atoms with Gasteiger partial charge < -0.3 is 4.90 Å². The van der Waals surface area contributed by atoms with E-state index in [-0.39, 0.29) is 0 Å². The molecule has 1 aliphatic carbocycles. The quantitative estimate of drug-likeness (QED) is 0.603. The fourth-order valence-electron chi connectivity index (χ4n) is 3.16. The lowest BCUT2D eigenvalue weighted by atomic mass is 9.82. The van der Waals surface area contributed by atoms with Gasteiger partial charge in [-0.3, -0.25) is 0 Å². The van der Waals surface area contributed by atoms with Crippen LogP contribution in [0.5, 0.6) is 0 Å². The van der Waals surface area contributed by atoms with Crippen LogP contribution in [-0.4, -0.2) is 13.6 Å². The summed E-state index contributed by atoms with van der Waals surface area (Å²) in [4.78, 5) is 2.42. The number of anilines is 1. The van der Waals surface area contributed by atoms with Crippen molar-refractivity contribution in [2.45, 2.75) is 32.1 Å². The molecule has 1 atom stereocenters. The Morgan fingerprint density at radius 1 is 1.36 bits per heavy atom. The van der Waals surface area contributed by atoms with Gasteiger partial charge in [0.15, 0.2) is 0 Å². The van der Waals surface area contributed by atoms with Crippen molar-refractivity contribution in [1.82, 2.24) is 0 Å². The second-order valence-corrected chi connectivity index (χ2v) is 4.76. The molecule has 1 aliphatic heterocycles. The molecule has 1 aromatic carbocycles. The Balaban J connectivity index is 2.25. The standard InChI is InChI=1S/C13H17N/c1-9-6-7-12-13-10(8-14(12)2)4-3-5-11(9)13/h6-7,10H,3-5,8H2,1-2H3. The molecule has 1 unspecified atom stereocenters. The average Bonchev–Trinajstić information content (AvgIpc) is 2.50. The van der Waals surface area contributed by atoms with Crippen LogP contribution in [0.2, 0.25) is 0 Å². The smallest absolute Gasteiger partial charge is 0.0402 e. The molecular weight excluding hydrogens is 170 g/mol. The van der Waals surface area contributed by atoms with E-state index in [0.717, 1.165) is 5.92 Å². The Bertz CT molecular complexity index is 381. The predicted octanol–water partition coefficient (Wildman–Crippen LogP) is 2.86. The summed E-state index contributed by atoms with van der Waals surface area (Å²) in [5.74, 6) is 0.832. The second kappa shape index (κ2) is 2.75. The summed E-state index contributed by atoms with van der Waals surface area (Å²) < 4.78 is 0. The Hall–Kier alpha value is -0.980. The first kappa shape index (κ1) is 8.34. The average molecular weight is 187 g/mol. The van der Waals surface area contributed by atoms with E-state index in [1.54, 1.807) is 11.1 Å². The fourth-order valence-corrected chi connectivity index (χ4v) is 3.16. The third kappa shape index (κ3) is 0.956. The van der Waals surface area contributed by atoms with Gasteiger partial charge in [0.05, 0.1) is 0 Å². The first-order chi connectivity index (χ1) is 6.77. The highest BCUT2D eigenvalue weighted by Gasteiger charge is 2.31. The van der Waals surface area contributed by atoms with Crippen LogP contribution in [0.4, 0.5) is 5.69 Å². The van der Waals surface area contributed by atoms with Gasteiger partial charge in [0.25, 0.3) is 0 Å². The van der Waals surface area contributed by atoms with Gasteiger partial charge in [0.1, 0.15) is 0 Å². The molecule has 1 heteroatoms. The molecule has 0 saturated heterocycles. The van der Waals surface area contributed by atoms with E-state index >= 15 is 0 Å². The van der Waals surface area contributed by atoms with E-state index in [9.17, 15) is 0 Å². The van der Waals surface area contributed by atoms with Crippen molar-refractivity contribution >= 4 is 5.69 Å². The van der Waals surface area contributed by atoms with Gasteiger partial charge in [-0.2, -0.15) is 0 Å². The topological polar surface area (TPSA) is 3.24 Å². The monoisotopic (exact) mass is 187 g/mol. The highest BCUT2D eigenvalue weighted by molar-refractivity contribution is 5.65. The van der Waals surface area contributed by atoms with Crippen LogP contribution in [0.25, 0.3) is 0 Å². The van der Waals surface area contributed by atoms with E-state index in [1.165, 1.54) is 37.1 Å². The Morgan fingerprint density at radius 3 is 3.07 bits per heavy atom. The molecule has 14 heavy (non-hydrogen) atoms. The van der Waals surface area contributed by atoms with Gasteiger partial charge in [0, 0.05) is 25.2 Å². The van der Waals surface area contributed by atoms with Crippen molar-refractivity contribution in [1.29, 1.82) is 0 Å². The van der Waals surface area contributed by atoms with E-state index < -0.39 is 0 Å². The maximum absolute atomic E-state index is 2.42. The third-order valence-electron chi connectivity index (χ3n) is 3.86. The number of hydrogen-bond donors (Lipinski definition) is 0. The SMILES string of the molecule is Cc1ccc2c3c1CCCC3CN2C. The summed E-state index contributed by atoms with van der Waals surface area (Å²) in [7, 11) is 2.23. The van der Waals surface area contributed by atoms with Gasteiger partial charge in [-0.25, -0.2) is 0 Å². The van der Waals surface area contributed by atoms with E-state index in [0.29, 0.717) is 0 Å². The lowest BCUT2D eigenvalue weighted by molar-refractivity contribution is 0.578. The Labute approximate surface area is 85.7 Å². The normalized spacial score (nSPS) is 23.9. The van der Waals surface area contributed by atoms with Crippen LogP contribution in [0.1, 0.15) is 35.4 Å². The molecular formula is C13H17N. The van der Waals surface area contributed by atoms with Gasteiger partial charge in [-0.15, -0.1) is 0 Å². The molecule has 2 aliphatic rings. The zero-order chi connectivity index (χ0) is 9.71. The summed E-state index contributed by atoms with van der Waals surface area (Å²) >= 11 is 0. The Morgan fingerprint density at radius 2 is 2.21 bits per heavy atom. The summed E-state index contributed by atoms with van der Waals surface area (Å²) in [6.45, 7) is 3.50. The molecule has 3 rings (SSSR count). The first-order valence-electron chi connectivity index (χ1n) is 5.61. The molecule has 74 valence electrons. The molecule has 0 N–H and O–H groups in total. The van der Waals surface area contributed by atoms with Crippen molar-refractivity contribution in [3.8, 4) is 0 Å². The van der Waals surface area contributed by atoms with Crippen LogP contribution in [-0.2, 0) is 6.42 Å². The highest BCUT2D eigenvalue weighted by Crippen LogP contribution is 2.44. The molecule has 0 aromatic heterocycles. The van der Waals surface area contributed by atoms with Gasteiger partial charge >= 0.3 is 0 Å². The zero-order valence-corrected chi connectivity index (χ0v) is 9.01. The van der Waals surface area contributed by atoms with Gasteiger partial charge in [0.2, 0.25) is 0 Å². The van der Waals surface area contributed by atoms with E-state index in [4.69, 9.17) is 0 Å². The fraction of sp³-hybridized carbons (Fsp3) is 0.538. The largest absolute Gasteiger partial charge is 0.374 e. The predicted molar refractivity (Wildman–Crippen MR) is 60.1 cm³/mol. The number of rotatable bonds is 0. The summed E-state index contributed by atoms with van der Waals surface area (Å²) in [6.07, 6.45) is 4.09. The summed E-state index contributed by atoms with van der Waals surface area (Å²) in [6, 6.07) is 4.60. The molecule has 1 aromatic rings. The van der Waals surface area contributed by atoms with Crippen LogP contribution in [0.15, 0.2) is 12.1 Å². The second-order valence-electron chi connectivity index (χ2n) is 4.76. The number of aryl methyl sites for hydroxylation is 1. The first-order valence-corrected chi connectivity index (χ1v) is 5.61. The van der Waals surface area contributed by atoms with Crippen molar-refractivity contribution in [3.05, 3.63) is 28.8 Å². The lowest BCUT2D eigenvalue weighted by Gasteiger charge is -2.21. The van der Waals surface area contributed by atoms with E-state index in [2.05, 4.69) is 31.0 Å². The van der Waals surface area contributed by atoms with Crippen molar-refractivity contribution in [3.63, 3.8) is 0 Å². The molecule has 0 spiro atoms. The molecule has 0 bridgehead atoms. The van der Waals surface area contributed by atoms with Crippen molar-refractivity contribution < 1.29 is 0 Å². The van der Waals surface area contributed by atoms with Crippen LogP contribution in [0.3, 0.4) is 0 Å². The molecule has 1 nitrogen and oxygen atoms in total. The number of benzene rings is 1. The number of hydrogen-bond acceptors (Lipinski definition) is 1. The zero-order valence-electron chi connectivity index (χ0n) is 9.01. The van der Waals surface area contributed by atoms with Gasteiger partial charge in [-0.1, -0.05) is 6.07 Å². The number of nitrogens with zero attached hydrogens (tertiary/aromatic N) is 1. The van der Waals surface area contributed by atoms with Crippen LogP contribution < -0.4 is 4.90 Å². The van der Waals surface area contributed by atoms with Crippen LogP contribution in [0, 0.1) is 6.92 Å². The number of likely N-dealkylation sites (N-methyl/N-ethyl adjacent to an activating group) is 1. The third-order valence-corrected chi connectivity index (χ3v) is 3.86. The Kier molecular flexibility index (Phi) is 1.64. The maximum Gasteiger partial charge on any atom is 0.0402 e. The van der Waals surface area contributed by atoms with Gasteiger partial charge in [-0.05, 0) is 48.9 Å². The van der Waals surface area contributed by atoms with Crippen molar-refractivity contribution in [2.24, 2.45) is 0 Å². The highest BCUT2D eigenvalue weighted by atomic mass is 15.1.